The summed E-state index contributed by atoms with van der Waals surface area (Å²) in [6, 6.07) is 5.41. The second-order valence-corrected chi connectivity index (χ2v) is 5.77. The molecule has 0 saturated carbocycles. The van der Waals surface area contributed by atoms with E-state index in [1.54, 1.807) is 12.1 Å². The van der Waals surface area contributed by atoms with Crippen LogP contribution in [-0.2, 0) is 4.79 Å². The molecule has 126 valence electrons. The van der Waals surface area contributed by atoms with Gasteiger partial charge in [0.05, 0.1) is 6.61 Å². The Kier molecular flexibility index (Phi) is 5.32. The minimum absolute atomic E-state index is 0.00153. The normalized spacial score (nSPS) is 18.1. The molecule has 1 fully saturated rings. The summed E-state index contributed by atoms with van der Waals surface area (Å²) in [6.45, 7) is 5.71. The molecule has 2 aliphatic rings. The quantitative estimate of drug-likeness (QED) is 0.788. The third kappa shape index (κ3) is 4.34. The lowest BCUT2D eigenvalue weighted by Gasteiger charge is -2.34. The van der Waals surface area contributed by atoms with Crippen molar-refractivity contribution in [3.63, 3.8) is 0 Å². The Bertz CT molecular complexity index is 544. The van der Waals surface area contributed by atoms with Gasteiger partial charge in [0.15, 0.2) is 11.5 Å². The molecule has 0 radical (unpaired) electrons. The number of aliphatic hydroxyl groups is 1. The van der Waals surface area contributed by atoms with E-state index in [2.05, 4.69) is 15.1 Å². The average molecular weight is 321 g/mol. The number of fused-ring (bicyclic) bond motifs is 1. The molecule has 0 aromatic heterocycles. The highest BCUT2D eigenvalue weighted by Gasteiger charge is 2.17. The highest BCUT2D eigenvalue weighted by Crippen LogP contribution is 2.34. The number of piperazine rings is 1. The number of anilines is 1. The molecule has 7 nitrogen and oxygen atoms in total. The van der Waals surface area contributed by atoms with E-state index >= 15 is 0 Å². The lowest BCUT2D eigenvalue weighted by molar-refractivity contribution is -0.116. The summed E-state index contributed by atoms with van der Waals surface area (Å²) >= 11 is 0. The molecule has 2 N–H and O–H groups in total. The summed E-state index contributed by atoms with van der Waals surface area (Å²) in [7, 11) is 0. The van der Waals surface area contributed by atoms with E-state index in [4.69, 9.17) is 14.6 Å². The van der Waals surface area contributed by atoms with E-state index in [-0.39, 0.29) is 19.3 Å². The fourth-order valence-electron chi connectivity index (χ4n) is 2.84. The van der Waals surface area contributed by atoms with Crippen molar-refractivity contribution in [3.05, 3.63) is 18.2 Å². The molecule has 1 aromatic rings. The van der Waals surface area contributed by atoms with Gasteiger partial charge in [-0.15, -0.1) is 0 Å². The molecule has 2 heterocycles. The third-order valence-corrected chi connectivity index (χ3v) is 4.19. The minimum Gasteiger partial charge on any atom is -0.454 e. The summed E-state index contributed by atoms with van der Waals surface area (Å²) < 4.78 is 10.6. The molecule has 3 rings (SSSR count). The van der Waals surface area contributed by atoms with Gasteiger partial charge < -0.3 is 24.8 Å². The van der Waals surface area contributed by atoms with Gasteiger partial charge in [-0.05, 0) is 12.1 Å². The maximum absolute atomic E-state index is 12.1. The summed E-state index contributed by atoms with van der Waals surface area (Å²) in [4.78, 5) is 16.6. The fraction of sp³-hybridized carbons (Fsp3) is 0.562. The predicted molar refractivity (Wildman–Crippen MR) is 85.8 cm³/mol. The predicted octanol–water partition coefficient (Wildman–Crippen LogP) is 0.354. The molecule has 0 atom stereocenters. The van der Waals surface area contributed by atoms with E-state index < -0.39 is 0 Å². The van der Waals surface area contributed by atoms with Crippen LogP contribution in [0.1, 0.15) is 6.42 Å². The number of carbonyl (C=O) groups excluding carboxylic acids is 1. The van der Waals surface area contributed by atoms with E-state index in [0.29, 0.717) is 17.9 Å². The first kappa shape index (κ1) is 16.0. The van der Waals surface area contributed by atoms with Crippen molar-refractivity contribution >= 4 is 11.6 Å². The van der Waals surface area contributed by atoms with Crippen LogP contribution in [0.2, 0.25) is 0 Å². The Morgan fingerprint density at radius 2 is 1.78 bits per heavy atom. The smallest absolute Gasteiger partial charge is 0.231 e. The van der Waals surface area contributed by atoms with Gasteiger partial charge in [0.1, 0.15) is 0 Å². The minimum atomic E-state index is 0.00153. The molecule has 1 amide bonds. The Hall–Kier alpha value is -1.83. The zero-order chi connectivity index (χ0) is 16.1. The van der Waals surface area contributed by atoms with Crippen LogP contribution in [0.5, 0.6) is 11.5 Å². The van der Waals surface area contributed by atoms with Crippen LogP contribution in [0.4, 0.5) is 5.69 Å². The fourth-order valence-corrected chi connectivity index (χ4v) is 2.84. The Morgan fingerprint density at radius 3 is 2.52 bits per heavy atom. The van der Waals surface area contributed by atoms with Crippen molar-refractivity contribution in [2.24, 2.45) is 0 Å². The Balaban J connectivity index is 1.40. The van der Waals surface area contributed by atoms with Gasteiger partial charge in [-0.3, -0.25) is 9.69 Å². The SMILES string of the molecule is O=C(CCN1CCN(CCO)CC1)Nc1ccc2c(c1)OCO2. The molecule has 1 saturated heterocycles. The lowest BCUT2D eigenvalue weighted by atomic mass is 10.2. The molecular formula is C16H23N3O4. The van der Waals surface area contributed by atoms with Crippen molar-refractivity contribution < 1.29 is 19.4 Å². The van der Waals surface area contributed by atoms with Crippen LogP contribution < -0.4 is 14.8 Å². The number of rotatable bonds is 6. The van der Waals surface area contributed by atoms with Gasteiger partial charge in [-0.1, -0.05) is 0 Å². The van der Waals surface area contributed by atoms with Gasteiger partial charge in [0.25, 0.3) is 0 Å². The number of β-amino-alcohol motifs (C(OH)–C–C–N with tert-alkyl or cyclic N) is 1. The molecule has 0 spiro atoms. The van der Waals surface area contributed by atoms with Crippen LogP contribution >= 0.6 is 0 Å². The van der Waals surface area contributed by atoms with E-state index in [9.17, 15) is 4.79 Å². The molecule has 1 aromatic carbocycles. The highest BCUT2D eigenvalue weighted by atomic mass is 16.7. The monoisotopic (exact) mass is 321 g/mol. The number of benzene rings is 1. The Morgan fingerprint density at radius 1 is 1.09 bits per heavy atom. The number of hydrogen-bond donors (Lipinski definition) is 2. The number of carbonyl (C=O) groups is 1. The number of amides is 1. The van der Waals surface area contributed by atoms with Gasteiger partial charge in [-0.25, -0.2) is 0 Å². The van der Waals surface area contributed by atoms with Crippen molar-refractivity contribution in [1.29, 1.82) is 0 Å². The lowest BCUT2D eigenvalue weighted by Crippen LogP contribution is -2.47. The van der Waals surface area contributed by atoms with E-state index in [1.807, 2.05) is 6.07 Å². The summed E-state index contributed by atoms with van der Waals surface area (Å²) in [5, 5.41) is 11.8. The van der Waals surface area contributed by atoms with Crippen molar-refractivity contribution in [2.75, 3.05) is 58.0 Å². The van der Waals surface area contributed by atoms with Crippen LogP contribution in [-0.4, -0.2) is 73.5 Å². The zero-order valence-corrected chi connectivity index (χ0v) is 13.2. The number of ether oxygens (including phenoxy) is 2. The summed E-state index contributed by atoms with van der Waals surface area (Å²) in [6.07, 6.45) is 0.467. The van der Waals surface area contributed by atoms with Gasteiger partial charge in [0, 0.05) is 57.4 Å². The maximum Gasteiger partial charge on any atom is 0.231 e. The first-order valence-corrected chi connectivity index (χ1v) is 7.99. The maximum atomic E-state index is 12.1. The average Bonchev–Trinajstić information content (AvgIpc) is 3.02. The zero-order valence-electron chi connectivity index (χ0n) is 13.2. The van der Waals surface area contributed by atoms with Crippen molar-refractivity contribution in [2.45, 2.75) is 6.42 Å². The third-order valence-electron chi connectivity index (χ3n) is 4.19. The molecule has 2 aliphatic heterocycles. The number of hydrogen-bond acceptors (Lipinski definition) is 6. The summed E-state index contributed by atoms with van der Waals surface area (Å²) in [5.74, 6) is 1.38. The number of nitrogens with zero attached hydrogens (tertiary/aromatic N) is 2. The van der Waals surface area contributed by atoms with Crippen LogP contribution in [0.25, 0.3) is 0 Å². The first-order chi connectivity index (χ1) is 11.2. The number of nitrogens with one attached hydrogen (secondary N) is 1. The van der Waals surface area contributed by atoms with E-state index in [0.717, 1.165) is 45.0 Å². The van der Waals surface area contributed by atoms with E-state index in [1.165, 1.54) is 0 Å². The molecule has 0 unspecified atom stereocenters. The molecule has 0 bridgehead atoms. The van der Waals surface area contributed by atoms with Gasteiger partial charge >= 0.3 is 0 Å². The molecular weight excluding hydrogens is 298 g/mol. The summed E-state index contributed by atoms with van der Waals surface area (Å²) in [5.41, 5.74) is 0.729. The second-order valence-electron chi connectivity index (χ2n) is 5.77. The Labute approximate surface area is 135 Å². The highest BCUT2D eigenvalue weighted by molar-refractivity contribution is 5.91. The number of aliphatic hydroxyl groups excluding tert-OH is 1. The molecule has 23 heavy (non-hydrogen) atoms. The van der Waals surface area contributed by atoms with Gasteiger partial charge in [0.2, 0.25) is 12.7 Å². The second kappa shape index (κ2) is 7.63. The van der Waals surface area contributed by atoms with Crippen molar-refractivity contribution in [1.82, 2.24) is 9.80 Å². The topological polar surface area (TPSA) is 74.3 Å². The van der Waals surface area contributed by atoms with Crippen LogP contribution in [0, 0.1) is 0 Å². The largest absolute Gasteiger partial charge is 0.454 e. The van der Waals surface area contributed by atoms with Crippen LogP contribution in [0.15, 0.2) is 18.2 Å². The molecule has 7 heteroatoms. The standard InChI is InChI=1S/C16H23N3O4/c20-10-9-19-7-5-18(6-8-19)4-3-16(21)17-13-1-2-14-15(11-13)23-12-22-14/h1-2,11,20H,3-10,12H2,(H,17,21). The van der Waals surface area contributed by atoms with Crippen molar-refractivity contribution in [3.8, 4) is 11.5 Å². The van der Waals surface area contributed by atoms with Crippen LogP contribution in [0.3, 0.4) is 0 Å². The van der Waals surface area contributed by atoms with Gasteiger partial charge in [-0.2, -0.15) is 0 Å². The molecule has 0 aliphatic carbocycles. The first-order valence-electron chi connectivity index (χ1n) is 7.99.